The number of hydrogen-bond donors (Lipinski definition) is 2. The minimum atomic E-state index is -0.486. The molecule has 2 aromatic rings. The lowest BCUT2D eigenvalue weighted by Gasteiger charge is -2.25. The molecule has 6 nitrogen and oxygen atoms in total. The molecule has 3 rings (SSSR count). The van der Waals surface area contributed by atoms with E-state index in [4.69, 9.17) is 23.1 Å². The third-order valence-corrected chi connectivity index (χ3v) is 4.33. The highest BCUT2D eigenvalue weighted by Gasteiger charge is 2.32. The molecule has 0 fully saturated rings. The molecule has 1 unspecified atom stereocenters. The highest BCUT2D eigenvalue weighted by molar-refractivity contribution is 6.30. The van der Waals surface area contributed by atoms with Crippen LogP contribution < -0.4 is 16.4 Å². The number of anilines is 2. The van der Waals surface area contributed by atoms with Gasteiger partial charge in [-0.25, -0.2) is 9.97 Å². The molecule has 7 heteroatoms. The fraction of sp³-hybridized carbons (Fsp3) is 0.235. The second-order valence-electron chi connectivity index (χ2n) is 5.64. The van der Waals surface area contributed by atoms with Crippen LogP contribution in [0.1, 0.15) is 24.6 Å². The molecular weight excluding hydrogens is 326 g/mol. The lowest BCUT2D eigenvalue weighted by atomic mass is 10.1. The fourth-order valence-corrected chi connectivity index (χ4v) is 3.05. The number of rotatable bonds is 4. The van der Waals surface area contributed by atoms with Crippen LogP contribution in [0.15, 0.2) is 36.8 Å². The van der Waals surface area contributed by atoms with E-state index in [1.807, 2.05) is 29.3 Å². The van der Waals surface area contributed by atoms with Crippen molar-refractivity contribution in [2.45, 2.75) is 25.8 Å². The van der Waals surface area contributed by atoms with Gasteiger partial charge in [0.1, 0.15) is 18.2 Å². The van der Waals surface area contributed by atoms with Gasteiger partial charge in [-0.1, -0.05) is 24.6 Å². The molecule has 0 saturated heterocycles. The third-order valence-electron chi connectivity index (χ3n) is 4.10. The molecule has 1 aliphatic heterocycles. The molecule has 1 atom stereocenters. The van der Waals surface area contributed by atoms with Crippen molar-refractivity contribution in [3.05, 3.63) is 53.1 Å². The van der Waals surface area contributed by atoms with E-state index in [0.717, 1.165) is 23.2 Å². The highest BCUT2D eigenvalue weighted by atomic mass is 35.5. The molecule has 0 bridgehead atoms. The van der Waals surface area contributed by atoms with Crippen molar-refractivity contribution in [2.24, 2.45) is 5.73 Å². The van der Waals surface area contributed by atoms with E-state index in [0.29, 0.717) is 23.0 Å². The van der Waals surface area contributed by atoms with E-state index in [1.54, 1.807) is 6.07 Å². The number of aryl methyl sites for hydroxylation is 1. The van der Waals surface area contributed by atoms with E-state index in [2.05, 4.69) is 16.9 Å². The molecule has 1 aliphatic rings. The van der Waals surface area contributed by atoms with Gasteiger partial charge in [-0.2, -0.15) is 0 Å². The summed E-state index contributed by atoms with van der Waals surface area (Å²) in [7, 11) is 0. The van der Waals surface area contributed by atoms with Gasteiger partial charge in [0.25, 0.3) is 0 Å². The Hall–Kier alpha value is -2.60. The number of carbonyl (C=O) groups excluding carboxylic acids is 1. The second kappa shape index (κ2) is 6.49. The topological polar surface area (TPSA) is 98.1 Å². The average Bonchev–Trinajstić information content (AvgIpc) is 3.00. The first-order valence-corrected chi connectivity index (χ1v) is 8.02. The predicted molar refractivity (Wildman–Crippen MR) is 95.3 cm³/mol. The number of amides is 1. The first kappa shape index (κ1) is 16.3. The Morgan fingerprint density at radius 1 is 1.38 bits per heavy atom. The Balaban J connectivity index is 2.07. The summed E-state index contributed by atoms with van der Waals surface area (Å²) < 4.78 is 0. The minimum Gasteiger partial charge on any atom is -0.384 e. The maximum Gasteiger partial charge on any atom is 0.240 e. The Bertz CT molecular complexity index is 820. The average molecular weight is 344 g/mol. The van der Waals surface area contributed by atoms with Crippen molar-refractivity contribution >= 4 is 34.6 Å². The fourth-order valence-electron chi connectivity index (χ4n) is 2.89. The van der Waals surface area contributed by atoms with Gasteiger partial charge < -0.3 is 16.4 Å². The van der Waals surface area contributed by atoms with E-state index in [1.165, 1.54) is 6.33 Å². The zero-order valence-electron chi connectivity index (χ0n) is 13.2. The number of nitrogens with two attached hydrogens (primary N) is 2. The first-order valence-electron chi connectivity index (χ1n) is 7.64. The first-order chi connectivity index (χ1) is 11.5. The van der Waals surface area contributed by atoms with Gasteiger partial charge in [0, 0.05) is 29.4 Å². The molecule has 4 N–H and O–H groups in total. The SMILES string of the molecule is CCc1ccc(Cl)cc1N1C=C(c2cc(N)ncn2)CC1C(N)=O. The van der Waals surface area contributed by atoms with E-state index in [9.17, 15) is 4.79 Å². The van der Waals surface area contributed by atoms with Crippen LogP contribution in [-0.2, 0) is 11.2 Å². The molecule has 24 heavy (non-hydrogen) atoms. The lowest BCUT2D eigenvalue weighted by Crippen LogP contribution is -2.39. The van der Waals surface area contributed by atoms with Gasteiger partial charge in [-0.15, -0.1) is 0 Å². The molecule has 0 saturated carbocycles. The van der Waals surface area contributed by atoms with Crippen molar-refractivity contribution in [1.29, 1.82) is 0 Å². The minimum absolute atomic E-state index is 0.381. The summed E-state index contributed by atoms with van der Waals surface area (Å²) in [6.07, 6.45) is 4.58. The van der Waals surface area contributed by atoms with Gasteiger partial charge in [-0.05, 0) is 29.7 Å². The van der Waals surface area contributed by atoms with Gasteiger partial charge in [0.15, 0.2) is 0 Å². The standard InChI is InChI=1S/C17H18ClN5O/c1-2-10-3-4-12(18)6-14(10)23-8-11(5-15(23)17(20)24)13-7-16(19)22-9-21-13/h3-4,6-9,15H,2,5H2,1H3,(H2,20,24)(H2,19,21,22). The van der Waals surface area contributed by atoms with Crippen LogP contribution in [0.2, 0.25) is 5.02 Å². The molecule has 0 radical (unpaired) electrons. The smallest absolute Gasteiger partial charge is 0.240 e. The quantitative estimate of drug-likeness (QED) is 0.888. The van der Waals surface area contributed by atoms with E-state index in [-0.39, 0.29) is 0 Å². The summed E-state index contributed by atoms with van der Waals surface area (Å²) in [5.41, 5.74) is 14.9. The molecule has 1 aromatic heterocycles. The molecule has 1 aromatic carbocycles. The summed E-state index contributed by atoms with van der Waals surface area (Å²) in [6.45, 7) is 2.05. The number of nitrogen functional groups attached to an aromatic ring is 1. The van der Waals surface area contributed by atoms with Crippen LogP contribution in [0.3, 0.4) is 0 Å². The van der Waals surface area contributed by atoms with Crippen LogP contribution in [0, 0.1) is 0 Å². The van der Waals surface area contributed by atoms with Crippen LogP contribution in [0.5, 0.6) is 0 Å². The van der Waals surface area contributed by atoms with Crippen LogP contribution >= 0.6 is 11.6 Å². The zero-order valence-corrected chi connectivity index (χ0v) is 14.0. The van der Waals surface area contributed by atoms with Crippen LogP contribution in [0.4, 0.5) is 11.5 Å². The number of nitrogens with zero attached hydrogens (tertiary/aromatic N) is 3. The van der Waals surface area contributed by atoms with Crippen LogP contribution in [0.25, 0.3) is 5.57 Å². The van der Waals surface area contributed by atoms with Crippen molar-refractivity contribution in [1.82, 2.24) is 9.97 Å². The third kappa shape index (κ3) is 3.05. The number of carbonyl (C=O) groups is 1. The monoisotopic (exact) mass is 343 g/mol. The Morgan fingerprint density at radius 3 is 2.83 bits per heavy atom. The highest BCUT2D eigenvalue weighted by Crippen LogP contribution is 2.36. The molecule has 0 spiro atoms. The Labute approximate surface area is 145 Å². The van der Waals surface area contributed by atoms with Gasteiger partial charge >= 0.3 is 0 Å². The van der Waals surface area contributed by atoms with Crippen molar-refractivity contribution in [3.63, 3.8) is 0 Å². The normalized spacial score (nSPS) is 17.0. The summed E-state index contributed by atoms with van der Waals surface area (Å²) in [4.78, 5) is 22.0. The Kier molecular flexibility index (Phi) is 4.40. The summed E-state index contributed by atoms with van der Waals surface area (Å²) in [6, 6.07) is 6.86. The molecule has 124 valence electrons. The molecule has 1 amide bonds. The molecule has 0 aliphatic carbocycles. The predicted octanol–water partition coefficient (Wildman–Crippen LogP) is 2.38. The van der Waals surface area contributed by atoms with E-state index >= 15 is 0 Å². The largest absolute Gasteiger partial charge is 0.384 e. The number of halogens is 1. The number of benzene rings is 1. The van der Waals surface area contributed by atoms with Gasteiger partial charge in [-0.3, -0.25) is 4.79 Å². The van der Waals surface area contributed by atoms with Crippen molar-refractivity contribution < 1.29 is 4.79 Å². The molecular formula is C17H18ClN5O. The van der Waals surface area contributed by atoms with Crippen molar-refractivity contribution in [3.8, 4) is 0 Å². The summed E-state index contributed by atoms with van der Waals surface area (Å²) >= 11 is 6.15. The number of hydrogen-bond acceptors (Lipinski definition) is 5. The van der Waals surface area contributed by atoms with E-state index < -0.39 is 11.9 Å². The van der Waals surface area contributed by atoms with Gasteiger partial charge in [0.2, 0.25) is 5.91 Å². The van der Waals surface area contributed by atoms with Crippen LogP contribution in [-0.4, -0.2) is 21.9 Å². The van der Waals surface area contributed by atoms with Crippen molar-refractivity contribution in [2.75, 3.05) is 10.6 Å². The maximum absolute atomic E-state index is 12.0. The summed E-state index contributed by atoms with van der Waals surface area (Å²) in [5.74, 6) is -0.0164. The number of primary amides is 1. The number of aromatic nitrogens is 2. The summed E-state index contributed by atoms with van der Waals surface area (Å²) in [5, 5.41) is 0.610. The second-order valence-corrected chi connectivity index (χ2v) is 6.08. The van der Waals surface area contributed by atoms with Gasteiger partial charge in [0.05, 0.1) is 5.69 Å². The Morgan fingerprint density at radius 2 is 2.17 bits per heavy atom. The zero-order chi connectivity index (χ0) is 17.3. The lowest BCUT2D eigenvalue weighted by molar-refractivity contribution is -0.118. The molecule has 2 heterocycles. The maximum atomic E-state index is 12.0.